The van der Waals surface area contributed by atoms with E-state index in [-0.39, 0.29) is 27.2 Å². The number of nitrogens with one attached hydrogen (secondary N) is 2. The van der Waals surface area contributed by atoms with Crippen LogP contribution in [0.3, 0.4) is 0 Å². The van der Waals surface area contributed by atoms with E-state index in [0.29, 0.717) is 16.8 Å². The number of halogens is 2. The SMILES string of the molecule is CC(=O)c1c(C)[nH]c(C(=O)O[C@H](C)C(=O)Nc2c(Cl)cccc2Cl)c1C. The first-order chi connectivity index (χ1) is 12.1. The Labute approximate surface area is 160 Å². The second-order valence-corrected chi connectivity index (χ2v) is 6.63. The van der Waals surface area contributed by atoms with Crippen molar-refractivity contribution in [3.8, 4) is 0 Å². The van der Waals surface area contributed by atoms with Gasteiger partial charge < -0.3 is 15.0 Å². The molecule has 0 saturated carbocycles. The van der Waals surface area contributed by atoms with E-state index in [2.05, 4.69) is 10.3 Å². The predicted molar refractivity (Wildman–Crippen MR) is 100 cm³/mol. The van der Waals surface area contributed by atoms with E-state index in [4.69, 9.17) is 27.9 Å². The predicted octanol–water partition coefficient (Wildman–Crippen LogP) is 4.32. The van der Waals surface area contributed by atoms with Crippen LogP contribution in [0.15, 0.2) is 18.2 Å². The lowest BCUT2D eigenvalue weighted by molar-refractivity contribution is -0.123. The summed E-state index contributed by atoms with van der Waals surface area (Å²) >= 11 is 12.0. The zero-order chi connectivity index (χ0) is 19.6. The largest absolute Gasteiger partial charge is 0.448 e. The molecule has 26 heavy (non-hydrogen) atoms. The van der Waals surface area contributed by atoms with Crippen molar-refractivity contribution in [2.24, 2.45) is 0 Å². The van der Waals surface area contributed by atoms with E-state index in [1.807, 2.05) is 0 Å². The molecule has 1 aromatic carbocycles. The average molecular weight is 397 g/mol. The van der Waals surface area contributed by atoms with Gasteiger partial charge in [0.25, 0.3) is 5.91 Å². The van der Waals surface area contributed by atoms with E-state index >= 15 is 0 Å². The van der Waals surface area contributed by atoms with Crippen molar-refractivity contribution in [1.82, 2.24) is 4.98 Å². The lowest BCUT2D eigenvalue weighted by atomic mass is 10.1. The fourth-order valence-corrected chi connectivity index (χ4v) is 3.09. The molecule has 8 heteroatoms. The van der Waals surface area contributed by atoms with Crippen molar-refractivity contribution in [3.05, 3.63) is 50.8 Å². The molecule has 1 atom stereocenters. The number of hydrogen-bond acceptors (Lipinski definition) is 4. The highest BCUT2D eigenvalue weighted by molar-refractivity contribution is 6.39. The van der Waals surface area contributed by atoms with Crippen LogP contribution >= 0.6 is 23.2 Å². The highest BCUT2D eigenvalue weighted by Crippen LogP contribution is 2.30. The molecule has 0 unspecified atom stereocenters. The molecule has 2 aromatic rings. The van der Waals surface area contributed by atoms with Gasteiger partial charge in [0.15, 0.2) is 11.9 Å². The van der Waals surface area contributed by atoms with Gasteiger partial charge in [-0.15, -0.1) is 0 Å². The number of esters is 1. The maximum Gasteiger partial charge on any atom is 0.355 e. The smallest absolute Gasteiger partial charge is 0.355 e. The van der Waals surface area contributed by atoms with Gasteiger partial charge in [0.1, 0.15) is 5.69 Å². The van der Waals surface area contributed by atoms with Crippen molar-refractivity contribution in [3.63, 3.8) is 0 Å². The molecule has 0 saturated heterocycles. The third kappa shape index (κ3) is 4.08. The molecule has 1 aromatic heterocycles. The van der Waals surface area contributed by atoms with Gasteiger partial charge in [0.2, 0.25) is 0 Å². The number of hydrogen-bond donors (Lipinski definition) is 2. The van der Waals surface area contributed by atoms with Crippen LogP contribution in [0.1, 0.15) is 46.0 Å². The maximum absolute atomic E-state index is 12.4. The number of anilines is 1. The lowest BCUT2D eigenvalue weighted by Crippen LogP contribution is -2.30. The van der Waals surface area contributed by atoms with Crippen molar-refractivity contribution in [2.75, 3.05) is 5.32 Å². The minimum atomic E-state index is -1.10. The third-order valence-electron chi connectivity index (χ3n) is 3.86. The summed E-state index contributed by atoms with van der Waals surface area (Å²) in [5.41, 5.74) is 1.89. The zero-order valence-electron chi connectivity index (χ0n) is 14.7. The summed E-state index contributed by atoms with van der Waals surface area (Å²) in [5, 5.41) is 3.08. The second kappa shape index (κ2) is 7.93. The number of rotatable bonds is 5. The molecule has 0 bridgehead atoms. The number of carbonyl (C=O) groups is 3. The normalized spacial score (nSPS) is 11.8. The Kier molecular flexibility index (Phi) is 6.10. The summed E-state index contributed by atoms with van der Waals surface area (Å²) in [6.45, 7) is 6.18. The number of aryl methyl sites for hydroxylation is 1. The summed E-state index contributed by atoms with van der Waals surface area (Å²) < 4.78 is 5.20. The summed E-state index contributed by atoms with van der Waals surface area (Å²) in [7, 11) is 0. The van der Waals surface area contributed by atoms with Crippen molar-refractivity contribution in [2.45, 2.75) is 33.8 Å². The number of Topliss-reactive ketones (excluding diaryl/α,β-unsaturated/α-hetero) is 1. The maximum atomic E-state index is 12.4. The van der Waals surface area contributed by atoms with E-state index in [9.17, 15) is 14.4 Å². The Hall–Kier alpha value is -2.31. The fourth-order valence-electron chi connectivity index (χ4n) is 2.60. The summed E-state index contributed by atoms with van der Waals surface area (Å²) in [5.74, 6) is -1.47. The first-order valence-corrected chi connectivity index (χ1v) is 8.55. The molecule has 0 fully saturated rings. The topological polar surface area (TPSA) is 88.3 Å². The molecule has 2 rings (SSSR count). The molecule has 0 aliphatic heterocycles. The molecule has 0 spiro atoms. The quantitative estimate of drug-likeness (QED) is 0.581. The Morgan fingerprint density at radius 2 is 1.73 bits per heavy atom. The Morgan fingerprint density at radius 3 is 2.23 bits per heavy atom. The number of ketones is 1. The average Bonchev–Trinajstić information content (AvgIpc) is 2.85. The van der Waals surface area contributed by atoms with Crippen LogP contribution in [-0.4, -0.2) is 28.7 Å². The molecule has 138 valence electrons. The van der Waals surface area contributed by atoms with Crippen LogP contribution < -0.4 is 5.32 Å². The number of H-pyrrole nitrogens is 1. The Morgan fingerprint density at radius 1 is 1.15 bits per heavy atom. The Bertz CT molecular complexity index is 869. The highest BCUT2D eigenvalue weighted by atomic mass is 35.5. The number of carbonyl (C=O) groups excluding carboxylic acids is 3. The molecule has 1 amide bonds. The molecule has 2 N–H and O–H groups in total. The van der Waals surface area contributed by atoms with Crippen LogP contribution in [0, 0.1) is 13.8 Å². The van der Waals surface area contributed by atoms with Gasteiger partial charge in [0.05, 0.1) is 15.7 Å². The first-order valence-electron chi connectivity index (χ1n) is 7.79. The molecule has 0 aliphatic rings. The van der Waals surface area contributed by atoms with Gasteiger partial charge >= 0.3 is 5.97 Å². The summed E-state index contributed by atoms with van der Waals surface area (Å²) in [4.78, 5) is 39.1. The van der Waals surface area contributed by atoms with E-state index < -0.39 is 18.0 Å². The number of para-hydroxylation sites is 1. The van der Waals surface area contributed by atoms with Crippen molar-refractivity contribution < 1.29 is 19.1 Å². The standard InChI is InChI=1S/C18H18Cl2N2O4/c1-8-14(10(3)23)9(2)21-15(8)18(25)26-11(4)17(24)22-16-12(19)6-5-7-13(16)20/h5-7,11,21H,1-4H3,(H,22,24)/t11-/m1/s1. The van der Waals surface area contributed by atoms with Gasteiger partial charge in [-0.1, -0.05) is 29.3 Å². The Balaban J connectivity index is 2.13. The molecular weight excluding hydrogens is 379 g/mol. The van der Waals surface area contributed by atoms with E-state index in [1.165, 1.54) is 13.8 Å². The minimum Gasteiger partial charge on any atom is -0.448 e. The first kappa shape index (κ1) is 20.0. The van der Waals surface area contributed by atoms with Gasteiger partial charge in [-0.3, -0.25) is 9.59 Å². The number of aromatic nitrogens is 1. The summed E-state index contributed by atoms with van der Waals surface area (Å²) in [6, 6.07) is 4.80. The monoisotopic (exact) mass is 396 g/mol. The van der Waals surface area contributed by atoms with Crippen molar-refractivity contribution >= 4 is 46.5 Å². The lowest BCUT2D eigenvalue weighted by Gasteiger charge is -2.15. The van der Waals surface area contributed by atoms with Gasteiger partial charge in [-0.05, 0) is 45.4 Å². The molecule has 0 radical (unpaired) electrons. The number of amides is 1. The van der Waals surface area contributed by atoms with Crippen LogP contribution in [0.2, 0.25) is 10.0 Å². The molecule has 6 nitrogen and oxygen atoms in total. The minimum absolute atomic E-state index is 0.142. The highest BCUT2D eigenvalue weighted by Gasteiger charge is 2.25. The van der Waals surface area contributed by atoms with E-state index in [1.54, 1.807) is 32.0 Å². The molecular formula is C18H18Cl2N2O4. The number of ether oxygens (including phenoxy) is 1. The van der Waals surface area contributed by atoms with Crippen LogP contribution in [-0.2, 0) is 9.53 Å². The molecule has 0 aliphatic carbocycles. The van der Waals surface area contributed by atoms with Crippen LogP contribution in [0.4, 0.5) is 5.69 Å². The van der Waals surface area contributed by atoms with Crippen LogP contribution in [0.5, 0.6) is 0 Å². The van der Waals surface area contributed by atoms with Crippen molar-refractivity contribution in [1.29, 1.82) is 0 Å². The number of benzene rings is 1. The van der Waals surface area contributed by atoms with E-state index in [0.717, 1.165) is 0 Å². The summed E-state index contributed by atoms with van der Waals surface area (Å²) in [6.07, 6.45) is -1.10. The number of aromatic amines is 1. The third-order valence-corrected chi connectivity index (χ3v) is 4.49. The van der Waals surface area contributed by atoms with Gasteiger partial charge in [0, 0.05) is 11.3 Å². The molecule has 1 heterocycles. The second-order valence-electron chi connectivity index (χ2n) is 5.81. The fraction of sp³-hybridized carbons (Fsp3) is 0.278. The van der Waals surface area contributed by atoms with Crippen LogP contribution in [0.25, 0.3) is 0 Å². The zero-order valence-corrected chi connectivity index (χ0v) is 16.2. The van der Waals surface area contributed by atoms with Gasteiger partial charge in [-0.25, -0.2) is 4.79 Å². The van der Waals surface area contributed by atoms with Gasteiger partial charge in [-0.2, -0.15) is 0 Å².